The van der Waals surface area contributed by atoms with Crippen molar-refractivity contribution < 1.29 is 4.79 Å². The molecule has 1 aliphatic heterocycles. The zero-order valence-electron chi connectivity index (χ0n) is 14.9. The molecule has 1 aromatic heterocycles. The molecule has 1 saturated heterocycles. The third-order valence-electron chi connectivity index (χ3n) is 5.25. The van der Waals surface area contributed by atoms with Gasteiger partial charge in [0, 0.05) is 30.1 Å². The topological polar surface area (TPSA) is 38.1 Å². The number of imidazole rings is 1. The summed E-state index contributed by atoms with van der Waals surface area (Å²) in [7, 11) is 2.06. The van der Waals surface area contributed by atoms with Crippen LogP contribution in [0, 0.1) is 5.92 Å². The van der Waals surface area contributed by atoms with Crippen molar-refractivity contribution in [3.8, 4) is 0 Å². The highest BCUT2D eigenvalue weighted by atomic mass is 35.5. The van der Waals surface area contributed by atoms with E-state index in [1.54, 1.807) is 12.1 Å². The molecule has 2 heterocycles. The summed E-state index contributed by atoms with van der Waals surface area (Å²) >= 11 is 5.94. The van der Waals surface area contributed by atoms with Crippen LogP contribution in [0.5, 0.6) is 0 Å². The number of likely N-dealkylation sites (tertiary alicyclic amines) is 1. The predicted octanol–water partition coefficient (Wildman–Crippen LogP) is 4.32. The van der Waals surface area contributed by atoms with E-state index in [0.29, 0.717) is 5.02 Å². The summed E-state index contributed by atoms with van der Waals surface area (Å²) in [5.41, 5.74) is 2.92. The van der Waals surface area contributed by atoms with Gasteiger partial charge in [0.15, 0.2) is 5.78 Å². The Morgan fingerprint density at radius 3 is 2.73 bits per heavy atom. The quantitative estimate of drug-likeness (QED) is 0.644. The van der Waals surface area contributed by atoms with Crippen molar-refractivity contribution in [3.05, 3.63) is 64.9 Å². The molecule has 2 aromatic carbocycles. The van der Waals surface area contributed by atoms with E-state index >= 15 is 0 Å². The highest BCUT2D eigenvalue weighted by Crippen LogP contribution is 2.24. The van der Waals surface area contributed by atoms with E-state index in [2.05, 4.69) is 22.6 Å². The van der Waals surface area contributed by atoms with E-state index in [4.69, 9.17) is 16.6 Å². The van der Waals surface area contributed by atoms with Crippen LogP contribution >= 0.6 is 11.6 Å². The first-order valence-corrected chi connectivity index (χ1v) is 9.42. The molecule has 26 heavy (non-hydrogen) atoms. The largest absolute Gasteiger partial charge is 0.330 e. The monoisotopic (exact) mass is 367 g/mol. The van der Waals surface area contributed by atoms with Crippen molar-refractivity contribution in [2.24, 2.45) is 13.0 Å². The number of benzene rings is 2. The summed E-state index contributed by atoms with van der Waals surface area (Å²) in [5, 5.41) is 0.661. The van der Waals surface area contributed by atoms with Crippen molar-refractivity contribution >= 4 is 28.4 Å². The molecule has 0 spiro atoms. The second kappa shape index (κ2) is 7.22. The fourth-order valence-corrected chi connectivity index (χ4v) is 3.93. The van der Waals surface area contributed by atoms with Crippen molar-refractivity contribution in [1.29, 1.82) is 0 Å². The molecule has 0 bridgehead atoms. The SMILES string of the molecule is Cn1c(CN2CCC[C@@H](C(=O)c3ccc(Cl)cc3)C2)nc2ccccc21. The molecule has 1 atom stereocenters. The average molecular weight is 368 g/mol. The zero-order valence-corrected chi connectivity index (χ0v) is 15.6. The normalized spacial score (nSPS) is 18.3. The first-order chi connectivity index (χ1) is 12.6. The van der Waals surface area contributed by atoms with Crippen LogP contribution < -0.4 is 0 Å². The van der Waals surface area contributed by atoms with Gasteiger partial charge in [0.1, 0.15) is 5.82 Å². The lowest BCUT2D eigenvalue weighted by Crippen LogP contribution is -2.38. The number of Topliss-reactive ketones (excluding diaryl/α,β-unsaturated/α-hetero) is 1. The summed E-state index contributed by atoms with van der Waals surface area (Å²) in [4.78, 5) is 19.9. The van der Waals surface area contributed by atoms with Gasteiger partial charge in [-0.15, -0.1) is 0 Å². The molecule has 0 amide bonds. The Balaban J connectivity index is 1.48. The summed E-state index contributed by atoms with van der Waals surface area (Å²) < 4.78 is 2.15. The van der Waals surface area contributed by atoms with Crippen LogP contribution in [0.1, 0.15) is 29.0 Å². The maximum atomic E-state index is 12.8. The van der Waals surface area contributed by atoms with Gasteiger partial charge in [0.05, 0.1) is 17.6 Å². The second-order valence-electron chi connectivity index (χ2n) is 7.02. The number of carbonyl (C=O) groups is 1. The Bertz CT molecular complexity index is 932. The smallest absolute Gasteiger partial charge is 0.167 e. The minimum atomic E-state index is 0.0413. The van der Waals surface area contributed by atoms with Gasteiger partial charge >= 0.3 is 0 Å². The Hall–Kier alpha value is -2.17. The van der Waals surface area contributed by atoms with Crippen LogP contribution in [0.2, 0.25) is 5.02 Å². The molecule has 134 valence electrons. The minimum Gasteiger partial charge on any atom is -0.330 e. The van der Waals surface area contributed by atoms with E-state index in [9.17, 15) is 4.79 Å². The summed E-state index contributed by atoms with van der Waals surface area (Å²) in [5.74, 6) is 1.31. The Morgan fingerprint density at radius 2 is 1.96 bits per heavy atom. The van der Waals surface area contributed by atoms with Crippen LogP contribution in [0.4, 0.5) is 0 Å². The molecule has 0 radical (unpaired) electrons. The summed E-state index contributed by atoms with van der Waals surface area (Å²) in [6, 6.07) is 15.4. The molecular weight excluding hydrogens is 346 g/mol. The van der Waals surface area contributed by atoms with E-state index in [-0.39, 0.29) is 11.7 Å². The molecule has 0 unspecified atom stereocenters. The highest BCUT2D eigenvalue weighted by molar-refractivity contribution is 6.30. The lowest BCUT2D eigenvalue weighted by atomic mass is 9.90. The minimum absolute atomic E-state index is 0.0413. The number of nitrogens with zero attached hydrogens (tertiary/aromatic N) is 3. The number of para-hydroxylation sites is 2. The number of aromatic nitrogens is 2. The number of ketones is 1. The third-order valence-corrected chi connectivity index (χ3v) is 5.50. The Morgan fingerprint density at radius 1 is 1.19 bits per heavy atom. The lowest BCUT2D eigenvalue weighted by molar-refractivity contribution is 0.0807. The summed E-state index contributed by atoms with van der Waals surface area (Å²) in [6.45, 7) is 2.56. The number of hydrogen-bond acceptors (Lipinski definition) is 3. The number of piperidine rings is 1. The van der Waals surface area contributed by atoms with E-state index in [0.717, 1.165) is 54.9 Å². The van der Waals surface area contributed by atoms with Crippen molar-refractivity contribution in [2.75, 3.05) is 13.1 Å². The predicted molar refractivity (Wildman–Crippen MR) is 104 cm³/mol. The maximum Gasteiger partial charge on any atom is 0.167 e. The fourth-order valence-electron chi connectivity index (χ4n) is 3.80. The molecule has 5 heteroatoms. The van der Waals surface area contributed by atoms with Gasteiger partial charge in [-0.05, 0) is 55.8 Å². The highest BCUT2D eigenvalue weighted by Gasteiger charge is 2.27. The van der Waals surface area contributed by atoms with Crippen molar-refractivity contribution in [2.45, 2.75) is 19.4 Å². The number of hydrogen-bond donors (Lipinski definition) is 0. The van der Waals surface area contributed by atoms with E-state index in [1.807, 2.05) is 30.3 Å². The standard InChI is InChI=1S/C21H22ClN3O/c1-24-19-7-3-2-6-18(19)23-20(24)14-25-12-4-5-16(13-25)21(26)15-8-10-17(22)11-9-15/h2-3,6-11,16H,4-5,12-14H2,1H3/t16-/m1/s1. The number of fused-ring (bicyclic) bond motifs is 1. The van der Waals surface area contributed by atoms with E-state index in [1.165, 1.54) is 0 Å². The molecule has 4 rings (SSSR count). The molecule has 1 fully saturated rings. The van der Waals surface area contributed by atoms with Crippen molar-refractivity contribution in [3.63, 3.8) is 0 Å². The van der Waals surface area contributed by atoms with Crippen LogP contribution in [0.15, 0.2) is 48.5 Å². The second-order valence-corrected chi connectivity index (χ2v) is 7.46. The lowest BCUT2D eigenvalue weighted by Gasteiger charge is -2.31. The van der Waals surface area contributed by atoms with Gasteiger partial charge in [-0.25, -0.2) is 4.98 Å². The first-order valence-electron chi connectivity index (χ1n) is 9.04. The molecule has 4 nitrogen and oxygen atoms in total. The number of aryl methyl sites for hydroxylation is 1. The van der Waals surface area contributed by atoms with Gasteiger partial charge in [-0.3, -0.25) is 9.69 Å². The molecule has 0 aliphatic carbocycles. The molecule has 0 N–H and O–H groups in total. The van der Waals surface area contributed by atoms with Crippen molar-refractivity contribution in [1.82, 2.24) is 14.5 Å². The van der Waals surface area contributed by atoms with Gasteiger partial charge in [0.25, 0.3) is 0 Å². The summed E-state index contributed by atoms with van der Waals surface area (Å²) in [6.07, 6.45) is 1.98. The van der Waals surface area contributed by atoms with Crippen LogP contribution in [-0.2, 0) is 13.6 Å². The zero-order chi connectivity index (χ0) is 18.1. The van der Waals surface area contributed by atoms with Crippen LogP contribution in [0.3, 0.4) is 0 Å². The van der Waals surface area contributed by atoms with Gasteiger partial charge in [-0.2, -0.15) is 0 Å². The number of halogens is 1. The fraction of sp³-hybridized carbons (Fsp3) is 0.333. The van der Waals surface area contributed by atoms with E-state index < -0.39 is 0 Å². The van der Waals surface area contributed by atoms with Crippen LogP contribution in [-0.4, -0.2) is 33.3 Å². The Labute approximate surface area is 158 Å². The van der Waals surface area contributed by atoms with Crippen LogP contribution in [0.25, 0.3) is 11.0 Å². The maximum absolute atomic E-state index is 12.8. The van der Waals surface area contributed by atoms with Gasteiger partial charge in [0.2, 0.25) is 0 Å². The number of carbonyl (C=O) groups excluding carboxylic acids is 1. The molecule has 3 aromatic rings. The molecule has 0 saturated carbocycles. The number of rotatable bonds is 4. The third kappa shape index (κ3) is 3.39. The van der Waals surface area contributed by atoms with Gasteiger partial charge in [-0.1, -0.05) is 23.7 Å². The van der Waals surface area contributed by atoms with Gasteiger partial charge < -0.3 is 4.57 Å². The Kier molecular flexibility index (Phi) is 4.79. The first kappa shape index (κ1) is 17.3. The average Bonchev–Trinajstić information content (AvgIpc) is 2.98. The molecule has 1 aliphatic rings. The molecular formula is C21H22ClN3O.